The number of hydrogen-bond donors (Lipinski definition) is 1. The standard InChI is InChI=1S/C14H14N2O2/c1-10-5-3-4-6-12(10)9-15-16-14(17)13-7-8-18-11(13)2/h3-9H,1-2H3,(H,16,17). The summed E-state index contributed by atoms with van der Waals surface area (Å²) in [7, 11) is 0. The molecule has 1 heterocycles. The largest absolute Gasteiger partial charge is 0.469 e. The monoisotopic (exact) mass is 242 g/mol. The first-order valence-corrected chi connectivity index (χ1v) is 5.61. The van der Waals surface area contributed by atoms with E-state index in [2.05, 4.69) is 10.5 Å². The van der Waals surface area contributed by atoms with E-state index in [0.29, 0.717) is 11.3 Å². The summed E-state index contributed by atoms with van der Waals surface area (Å²) < 4.78 is 5.06. The number of hydrogen-bond acceptors (Lipinski definition) is 3. The van der Waals surface area contributed by atoms with Gasteiger partial charge >= 0.3 is 0 Å². The summed E-state index contributed by atoms with van der Waals surface area (Å²) in [6, 6.07) is 9.43. The fourth-order valence-electron chi connectivity index (χ4n) is 1.57. The lowest BCUT2D eigenvalue weighted by Gasteiger charge is -1.99. The van der Waals surface area contributed by atoms with Crippen molar-refractivity contribution in [2.24, 2.45) is 5.10 Å². The van der Waals surface area contributed by atoms with Crippen LogP contribution in [0.1, 0.15) is 27.2 Å². The average Bonchev–Trinajstić information content (AvgIpc) is 2.78. The van der Waals surface area contributed by atoms with Crippen molar-refractivity contribution in [1.82, 2.24) is 5.43 Å². The molecule has 0 saturated carbocycles. The highest BCUT2D eigenvalue weighted by atomic mass is 16.3. The second-order valence-corrected chi connectivity index (χ2v) is 3.95. The number of nitrogens with zero attached hydrogens (tertiary/aromatic N) is 1. The fourth-order valence-corrected chi connectivity index (χ4v) is 1.57. The zero-order chi connectivity index (χ0) is 13.0. The zero-order valence-electron chi connectivity index (χ0n) is 10.3. The first kappa shape index (κ1) is 12.1. The molecule has 0 bridgehead atoms. The van der Waals surface area contributed by atoms with Crippen LogP contribution in [0.5, 0.6) is 0 Å². The summed E-state index contributed by atoms with van der Waals surface area (Å²) >= 11 is 0. The summed E-state index contributed by atoms with van der Waals surface area (Å²) in [5.74, 6) is 0.310. The summed E-state index contributed by atoms with van der Waals surface area (Å²) in [4.78, 5) is 11.7. The van der Waals surface area contributed by atoms with Crippen LogP contribution in [0.3, 0.4) is 0 Å². The first-order valence-electron chi connectivity index (χ1n) is 5.61. The molecule has 2 rings (SSSR count). The summed E-state index contributed by atoms with van der Waals surface area (Å²) in [5, 5.41) is 3.93. The summed E-state index contributed by atoms with van der Waals surface area (Å²) in [6.07, 6.45) is 3.11. The third-order valence-electron chi connectivity index (χ3n) is 2.66. The first-order chi connectivity index (χ1) is 8.68. The highest BCUT2D eigenvalue weighted by Gasteiger charge is 2.09. The molecular weight excluding hydrogens is 228 g/mol. The Morgan fingerprint density at radius 3 is 2.72 bits per heavy atom. The van der Waals surface area contributed by atoms with E-state index in [9.17, 15) is 4.79 Å². The number of amides is 1. The molecule has 2 aromatic rings. The van der Waals surface area contributed by atoms with Gasteiger partial charge < -0.3 is 4.42 Å². The lowest BCUT2D eigenvalue weighted by molar-refractivity contribution is 0.0953. The molecule has 18 heavy (non-hydrogen) atoms. The molecule has 4 nitrogen and oxygen atoms in total. The van der Waals surface area contributed by atoms with Gasteiger partial charge in [0, 0.05) is 0 Å². The minimum atomic E-state index is -0.272. The smallest absolute Gasteiger partial charge is 0.274 e. The van der Waals surface area contributed by atoms with Crippen LogP contribution in [-0.2, 0) is 0 Å². The maximum Gasteiger partial charge on any atom is 0.274 e. The molecule has 0 spiro atoms. The molecule has 0 fully saturated rings. The molecule has 0 aliphatic rings. The van der Waals surface area contributed by atoms with Gasteiger partial charge in [0.25, 0.3) is 5.91 Å². The molecular formula is C14H14N2O2. The molecule has 1 amide bonds. The molecule has 0 aliphatic carbocycles. The van der Waals surface area contributed by atoms with Crippen LogP contribution in [0.25, 0.3) is 0 Å². The zero-order valence-corrected chi connectivity index (χ0v) is 10.3. The molecule has 0 unspecified atom stereocenters. The number of aryl methyl sites for hydroxylation is 2. The molecule has 0 aliphatic heterocycles. The van der Waals surface area contributed by atoms with Crippen LogP contribution in [0.4, 0.5) is 0 Å². The lowest BCUT2D eigenvalue weighted by Crippen LogP contribution is -2.17. The minimum Gasteiger partial charge on any atom is -0.469 e. The number of hydrazone groups is 1. The molecule has 92 valence electrons. The van der Waals surface area contributed by atoms with E-state index in [-0.39, 0.29) is 5.91 Å². The van der Waals surface area contributed by atoms with E-state index in [0.717, 1.165) is 11.1 Å². The van der Waals surface area contributed by atoms with Crippen molar-refractivity contribution in [3.05, 3.63) is 59.0 Å². The van der Waals surface area contributed by atoms with Crippen LogP contribution in [-0.4, -0.2) is 12.1 Å². The predicted molar refractivity (Wildman–Crippen MR) is 69.7 cm³/mol. The number of nitrogens with one attached hydrogen (secondary N) is 1. The normalized spacial score (nSPS) is 10.8. The molecule has 1 N–H and O–H groups in total. The van der Waals surface area contributed by atoms with E-state index >= 15 is 0 Å². The Morgan fingerprint density at radius 2 is 2.06 bits per heavy atom. The Bertz CT molecular complexity index is 585. The maximum absolute atomic E-state index is 11.7. The van der Waals surface area contributed by atoms with Crippen molar-refractivity contribution >= 4 is 12.1 Å². The Balaban J connectivity index is 2.03. The highest BCUT2D eigenvalue weighted by Crippen LogP contribution is 2.08. The molecule has 1 aromatic heterocycles. The van der Waals surface area contributed by atoms with E-state index in [1.807, 2.05) is 31.2 Å². The fraction of sp³-hybridized carbons (Fsp3) is 0.143. The average molecular weight is 242 g/mol. The van der Waals surface area contributed by atoms with Gasteiger partial charge in [-0.2, -0.15) is 5.10 Å². The number of benzene rings is 1. The van der Waals surface area contributed by atoms with E-state index in [1.54, 1.807) is 19.2 Å². The number of rotatable bonds is 3. The van der Waals surface area contributed by atoms with E-state index in [1.165, 1.54) is 6.26 Å². The van der Waals surface area contributed by atoms with Gasteiger partial charge in [-0.1, -0.05) is 24.3 Å². The molecule has 0 atom stereocenters. The maximum atomic E-state index is 11.7. The number of carbonyl (C=O) groups excluding carboxylic acids is 1. The third kappa shape index (κ3) is 2.66. The second-order valence-electron chi connectivity index (χ2n) is 3.95. The van der Waals surface area contributed by atoms with Crippen LogP contribution >= 0.6 is 0 Å². The van der Waals surface area contributed by atoms with Crippen molar-refractivity contribution in [3.63, 3.8) is 0 Å². The predicted octanol–water partition coefficient (Wildman–Crippen LogP) is 2.66. The Labute approximate surface area is 105 Å². The van der Waals surface area contributed by atoms with Gasteiger partial charge in [-0.15, -0.1) is 0 Å². The highest BCUT2D eigenvalue weighted by molar-refractivity contribution is 5.95. The van der Waals surface area contributed by atoms with Crippen molar-refractivity contribution in [2.45, 2.75) is 13.8 Å². The lowest BCUT2D eigenvalue weighted by atomic mass is 10.1. The topological polar surface area (TPSA) is 54.6 Å². The number of furan rings is 1. The van der Waals surface area contributed by atoms with Crippen molar-refractivity contribution < 1.29 is 9.21 Å². The van der Waals surface area contributed by atoms with Gasteiger partial charge in [-0.25, -0.2) is 5.43 Å². The Morgan fingerprint density at radius 1 is 1.28 bits per heavy atom. The Kier molecular flexibility index (Phi) is 3.57. The molecule has 1 aromatic carbocycles. The number of carbonyl (C=O) groups is 1. The summed E-state index contributed by atoms with van der Waals surface area (Å²) in [6.45, 7) is 3.73. The van der Waals surface area contributed by atoms with E-state index in [4.69, 9.17) is 4.42 Å². The SMILES string of the molecule is Cc1ccccc1C=NNC(=O)c1ccoc1C. The molecule has 0 saturated heterocycles. The summed E-state index contributed by atoms with van der Waals surface area (Å²) in [5.41, 5.74) is 5.05. The molecule has 0 radical (unpaired) electrons. The van der Waals surface area contributed by atoms with Gasteiger partial charge in [-0.05, 0) is 31.0 Å². The minimum absolute atomic E-state index is 0.272. The van der Waals surface area contributed by atoms with Crippen LogP contribution in [0.2, 0.25) is 0 Å². The van der Waals surface area contributed by atoms with Gasteiger partial charge in [0.15, 0.2) is 0 Å². The second kappa shape index (κ2) is 5.31. The van der Waals surface area contributed by atoms with Crippen molar-refractivity contribution in [3.8, 4) is 0 Å². The van der Waals surface area contributed by atoms with Crippen LogP contribution in [0, 0.1) is 13.8 Å². The quantitative estimate of drug-likeness (QED) is 0.664. The van der Waals surface area contributed by atoms with Crippen molar-refractivity contribution in [1.29, 1.82) is 0 Å². The van der Waals surface area contributed by atoms with Crippen LogP contribution < -0.4 is 5.43 Å². The molecule has 4 heteroatoms. The van der Waals surface area contributed by atoms with E-state index < -0.39 is 0 Å². The third-order valence-corrected chi connectivity index (χ3v) is 2.66. The van der Waals surface area contributed by atoms with Crippen LogP contribution in [0.15, 0.2) is 46.1 Å². The van der Waals surface area contributed by atoms with Gasteiger partial charge in [0.05, 0.1) is 18.0 Å². The van der Waals surface area contributed by atoms with Gasteiger partial charge in [-0.3, -0.25) is 4.79 Å². The van der Waals surface area contributed by atoms with Gasteiger partial charge in [0.2, 0.25) is 0 Å². The van der Waals surface area contributed by atoms with Crippen molar-refractivity contribution in [2.75, 3.05) is 0 Å². The van der Waals surface area contributed by atoms with Gasteiger partial charge in [0.1, 0.15) is 5.76 Å². The Hall–Kier alpha value is -2.36.